The first-order chi connectivity index (χ1) is 19.7. The molecule has 2 aliphatic heterocycles. The zero-order chi connectivity index (χ0) is 29.1. The normalized spacial score (nSPS) is 16.4. The van der Waals surface area contributed by atoms with E-state index in [9.17, 15) is 19.6 Å². The van der Waals surface area contributed by atoms with Gasteiger partial charge in [-0.2, -0.15) is 10.4 Å². The summed E-state index contributed by atoms with van der Waals surface area (Å²) in [6.07, 6.45) is -0.652. The fraction of sp³-hybridized carbons (Fsp3) is 0.379. The maximum atomic E-state index is 13.5. The summed E-state index contributed by atoms with van der Waals surface area (Å²) in [5.74, 6) is -0.765. The second-order valence-corrected chi connectivity index (χ2v) is 11.9. The summed E-state index contributed by atoms with van der Waals surface area (Å²) < 4.78 is 15.4. The fourth-order valence-corrected chi connectivity index (χ4v) is 6.75. The molecule has 4 aromatic rings. The van der Waals surface area contributed by atoms with Crippen LogP contribution in [0.1, 0.15) is 23.2 Å². The Hall–Kier alpha value is -4.05. The Bertz CT molecular complexity index is 1680. The van der Waals surface area contributed by atoms with Gasteiger partial charge in [-0.1, -0.05) is 18.3 Å². The Morgan fingerprint density at radius 1 is 1.24 bits per heavy atom. The molecule has 1 unspecified atom stereocenters. The van der Waals surface area contributed by atoms with Crippen LogP contribution < -0.4 is 9.80 Å². The van der Waals surface area contributed by atoms with Crippen molar-refractivity contribution in [2.24, 2.45) is 5.41 Å². The van der Waals surface area contributed by atoms with Crippen molar-refractivity contribution < 1.29 is 19.4 Å². The maximum Gasteiger partial charge on any atom is 0.253 e. The van der Waals surface area contributed by atoms with Gasteiger partial charge < -0.3 is 24.9 Å². The zero-order valence-corrected chi connectivity index (χ0v) is 23.8. The van der Waals surface area contributed by atoms with Gasteiger partial charge in [0.25, 0.3) is 5.91 Å². The average Bonchev–Trinajstić information content (AvgIpc) is 3.53. The van der Waals surface area contributed by atoms with Crippen molar-refractivity contribution >= 4 is 39.3 Å². The van der Waals surface area contributed by atoms with Gasteiger partial charge in [-0.25, -0.2) is 13.9 Å². The molecule has 0 saturated carbocycles. The number of fused-ring (bicyclic) bond motifs is 1. The Morgan fingerprint density at radius 3 is 2.59 bits per heavy atom. The summed E-state index contributed by atoms with van der Waals surface area (Å²) in [6.45, 7) is 6.24. The molecule has 0 radical (unpaired) electrons. The molecule has 1 atom stereocenters. The number of nitriles is 1. The number of benzene rings is 1. The number of aryl methyl sites for hydroxylation is 2. The number of likely N-dealkylation sites (tertiary alicyclic amines) is 1. The minimum absolute atomic E-state index is 0.00461. The third-order valence-electron chi connectivity index (χ3n) is 7.97. The van der Waals surface area contributed by atoms with Crippen molar-refractivity contribution in [1.82, 2.24) is 19.5 Å². The van der Waals surface area contributed by atoms with E-state index >= 15 is 0 Å². The number of carbonyl (C=O) groups excluding carboxylic acids is 1. The van der Waals surface area contributed by atoms with E-state index in [0.29, 0.717) is 40.8 Å². The third kappa shape index (κ3) is 4.50. The highest BCUT2D eigenvalue weighted by molar-refractivity contribution is 7.16. The van der Waals surface area contributed by atoms with E-state index < -0.39 is 18.6 Å². The highest BCUT2D eigenvalue weighted by atomic mass is 32.1. The van der Waals surface area contributed by atoms with Crippen LogP contribution in [0, 0.1) is 29.5 Å². The number of pyridine rings is 1. The molecule has 0 bridgehead atoms. The summed E-state index contributed by atoms with van der Waals surface area (Å²) >= 11 is 1.29. The average molecular weight is 576 g/mol. The van der Waals surface area contributed by atoms with E-state index in [0.717, 1.165) is 41.4 Å². The number of carbonyl (C=O) groups is 1. The van der Waals surface area contributed by atoms with Crippen molar-refractivity contribution in [3.8, 4) is 17.3 Å². The second-order valence-electron chi connectivity index (χ2n) is 10.9. The molecule has 2 fully saturated rings. The van der Waals surface area contributed by atoms with Gasteiger partial charge in [-0.15, -0.1) is 0 Å². The smallest absolute Gasteiger partial charge is 0.253 e. The molecule has 2 aliphatic rings. The lowest BCUT2D eigenvalue weighted by Gasteiger charge is -2.61. The lowest BCUT2D eigenvalue weighted by molar-refractivity contribution is -0.156. The fourth-order valence-electron chi connectivity index (χ4n) is 5.89. The van der Waals surface area contributed by atoms with E-state index in [-0.39, 0.29) is 11.2 Å². The lowest BCUT2D eigenvalue weighted by atomic mass is 9.72. The van der Waals surface area contributed by atoms with E-state index in [2.05, 4.69) is 30.0 Å². The van der Waals surface area contributed by atoms with Crippen LogP contribution in [-0.4, -0.2) is 81.6 Å². The molecule has 1 amide bonds. The highest BCUT2D eigenvalue weighted by Gasteiger charge is 2.53. The summed E-state index contributed by atoms with van der Waals surface area (Å²) in [5, 5.41) is 34.1. The number of anilines is 3. The monoisotopic (exact) mass is 575 g/mol. The molecule has 6 rings (SSSR count). The molecule has 2 saturated heterocycles. The molecule has 12 heteroatoms. The first kappa shape index (κ1) is 27.1. The molecule has 1 spiro atoms. The topological polar surface area (TPSA) is 121 Å². The molecule has 2 N–H and O–H groups in total. The predicted octanol–water partition coefficient (Wildman–Crippen LogP) is 3.11. The van der Waals surface area contributed by atoms with Gasteiger partial charge in [0.1, 0.15) is 22.5 Å². The molecular weight excluding hydrogens is 545 g/mol. The SMILES string of the molecule is CCc1nn2c(C)cc(N3CC4(CN(C(=O)C(O)CO)C4)C3)cc2c1N(C)c1nc(-c2ccc(F)cc2)c(C#N)s1. The van der Waals surface area contributed by atoms with Crippen molar-refractivity contribution in [1.29, 1.82) is 5.26 Å². The summed E-state index contributed by atoms with van der Waals surface area (Å²) in [7, 11) is 1.92. The summed E-state index contributed by atoms with van der Waals surface area (Å²) in [5.41, 5.74) is 5.99. The minimum Gasteiger partial charge on any atom is -0.393 e. The Morgan fingerprint density at radius 2 is 1.95 bits per heavy atom. The van der Waals surface area contributed by atoms with Crippen molar-refractivity contribution in [3.63, 3.8) is 0 Å². The number of rotatable bonds is 7. The van der Waals surface area contributed by atoms with Gasteiger partial charge in [-0.05, 0) is 49.7 Å². The number of nitrogens with zero attached hydrogens (tertiary/aromatic N) is 7. The van der Waals surface area contributed by atoms with Gasteiger partial charge in [0.2, 0.25) is 0 Å². The molecule has 3 aromatic heterocycles. The highest BCUT2D eigenvalue weighted by Crippen LogP contribution is 2.44. The van der Waals surface area contributed by atoms with Crippen LogP contribution in [0.25, 0.3) is 16.8 Å². The molecule has 41 heavy (non-hydrogen) atoms. The molecule has 1 aromatic carbocycles. The largest absolute Gasteiger partial charge is 0.393 e. The summed E-state index contributed by atoms with van der Waals surface area (Å²) in [6, 6.07) is 12.4. The Balaban J connectivity index is 1.29. The van der Waals surface area contributed by atoms with Crippen LogP contribution in [-0.2, 0) is 11.2 Å². The third-order valence-corrected chi connectivity index (χ3v) is 9.01. The molecule has 212 valence electrons. The predicted molar refractivity (Wildman–Crippen MR) is 154 cm³/mol. The van der Waals surface area contributed by atoms with Crippen molar-refractivity contribution in [2.75, 3.05) is 49.6 Å². The van der Waals surface area contributed by atoms with Crippen LogP contribution in [0.5, 0.6) is 0 Å². The van der Waals surface area contributed by atoms with Crippen LogP contribution in [0.15, 0.2) is 36.4 Å². The number of aliphatic hydroxyl groups is 2. The zero-order valence-electron chi connectivity index (χ0n) is 23.0. The number of thiazole rings is 1. The van der Waals surface area contributed by atoms with Gasteiger partial charge in [0.15, 0.2) is 11.2 Å². The quantitative estimate of drug-likeness (QED) is 0.345. The van der Waals surface area contributed by atoms with E-state index in [4.69, 9.17) is 15.2 Å². The van der Waals surface area contributed by atoms with Crippen LogP contribution >= 0.6 is 11.3 Å². The molecular formula is C29H30FN7O3S. The molecule has 0 aliphatic carbocycles. The standard InChI is InChI=1S/C29H30FN7O3S/c1-4-21-26(34(3)28-32-25(24(11-31)41-28)18-5-7-19(30)8-6-18)22-10-20(9-17(2)37(22)33-21)35-13-29(14-35)15-36(16-29)27(40)23(39)12-38/h5-10,23,38-39H,4,12-16H2,1-3H3. The number of aromatic nitrogens is 3. The van der Waals surface area contributed by atoms with Crippen LogP contribution in [0.4, 0.5) is 20.9 Å². The first-order valence-corrected chi connectivity index (χ1v) is 14.2. The van der Waals surface area contributed by atoms with Crippen molar-refractivity contribution in [3.05, 3.63) is 58.5 Å². The lowest BCUT2D eigenvalue weighted by Crippen LogP contribution is -2.74. The van der Waals surface area contributed by atoms with Gasteiger partial charge in [-0.3, -0.25) is 4.79 Å². The Labute approximate surface area is 240 Å². The number of aliphatic hydroxyl groups excluding tert-OH is 2. The second kappa shape index (κ2) is 10.1. The Kier molecular flexibility index (Phi) is 6.68. The minimum atomic E-state index is -1.35. The van der Waals surface area contributed by atoms with E-state index in [1.165, 1.54) is 23.5 Å². The van der Waals surface area contributed by atoms with Crippen LogP contribution in [0.2, 0.25) is 0 Å². The molecule has 10 nitrogen and oxygen atoms in total. The number of halogens is 1. The van der Waals surface area contributed by atoms with Crippen molar-refractivity contribution in [2.45, 2.75) is 26.4 Å². The summed E-state index contributed by atoms with van der Waals surface area (Å²) in [4.78, 5) is 23.3. The number of amides is 1. The van der Waals surface area contributed by atoms with Gasteiger partial charge >= 0.3 is 0 Å². The van der Waals surface area contributed by atoms with E-state index in [1.54, 1.807) is 17.0 Å². The first-order valence-electron chi connectivity index (χ1n) is 13.4. The maximum absolute atomic E-state index is 13.5. The number of hydrogen-bond acceptors (Lipinski definition) is 9. The molecule has 5 heterocycles. The van der Waals surface area contributed by atoms with E-state index in [1.807, 2.05) is 23.4 Å². The van der Waals surface area contributed by atoms with Gasteiger partial charge in [0, 0.05) is 55.6 Å². The van der Waals surface area contributed by atoms with Gasteiger partial charge in [0.05, 0.1) is 23.5 Å². The number of hydrogen-bond donors (Lipinski definition) is 2. The van der Waals surface area contributed by atoms with Crippen LogP contribution in [0.3, 0.4) is 0 Å².